The molecular formula is C17H19N4O3S-. The molecule has 25 heavy (non-hydrogen) atoms. The van der Waals surface area contributed by atoms with Crippen LogP contribution in [0.5, 0.6) is 5.75 Å². The van der Waals surface area contributed by atoms with E-state index in [2.05, 4.69) is 15.3 Å². The van der Waals surface area contributed by atoms with E-state index in [1.54, 1.807) is 29.1 Å². The molecule has 3 rings (SSSR count). The minimum absolute atomic E-state index is 0.350. The van der Waals surface area contributed by atoms with E-state index >= 15 is 0 Å². The maximum absolute atomic E-state index is 10.6. The van der Waals surface area contributed by atoms with Crippen molar-refractivity contribution < 1.29 is 14.6 Å². The van der Waals surface area contributed by atoms with Gasteiger partial charge in [-0.1, -0.05) is 31.4 Å². The molecule has 1 aromatic heterocycles. The average Bonchev–Trinajstić information content (AvgIpc) is 3.00. The van der Waals surface area contributed by atoms with E-state index in [1.165, 1.54) is 19.3 Å². The number of nitrogens with one attached hydrogen (secondary N) is 1. The molecule has 0 saturated heterocycles. The van der Waals surface area contributed by atoms with Crippen LogP contribution in [0.25, 0.3) is 0 Å². The van der Waals surface area contributed by atoms with Gasteiger partial charge in [-0.3, -0.25) is 5.10 Å². The second kappa shape index (κ2) is 8.06. The summed E-state index contributed by atoms with van der Waals surface area (Å²) < 4.78 is 7.31. The van der Waals surface area contributed by atoms with Crippen molar-refractivity contribution >= 4 is 24.4 Å². The number of aromatic nitrogens is 3. The molecule has 0 bridgehead atoms. The van der Waals surface area contributed by atoms with Crippen LogP contribution >= 0.6 is 12.2 Å². The molecule has 1 fully saturated rings. The van der Waals surface area contributed by atoms with Crippen LogP contribution in [0, 0.1) is 4.77 Å². The Labute approximate surface area is 150 Å². The number of benzene rings is 1. The first kappa shape index (κ1) is 17.3. The molecule has 0 atom stereocenters. The quantitative estimate of drug-likeness (QED) is 0.629. The van der Waals surface area contributed by atoms with Crippen molar-refractivity contribution in [2.24, 2.45) is 5.10 Å². The fourth-order valence-corrected chi connectivity index (χ4v) is 3.20. The van der Waals surface area contributed by atoms with Gasteiger partial charge in [-0.15, -0.1) is 0 Å². The van der Waals surface area contributed by atoms with Crippen LogP contribution in [0.15, 0.2) is 29.4 Å². The largest absolute Gasteiger partial charge is 0.546 e. The molecule has 0 radical (unpaired) electrons. The number of hydrogen-bond donors (Lipinski definition) is 1. The molecule has 8 heteroatoms. The van der Waals surface area contributed by atoms with Crippen LogP contribution in [0.2, 0.25) is 0 Å². The zero-order valence-electron chi connectivity index (χ0n) is 13.7. The fourth-order valence-electron chi connectivity index (χ4n) is 3.02. The normalized spacial score (nSPS) is 15.5. The number of carbonyl (C=O) groups is 1. The van der Waals surface area contributed by atoms with Gasteiger partial charge in [0, 0.05) is 11.5 Å². The number of rotatable bonds is 6. The van der Waals surface area contributed by atoms with Crippen molar-refractivity contribution in [1.29, 1.82) is 0 Å². The van der Waals surface area contributed by atoms with Crippen molar-refractivity contribution in [3.05, 3.63) is 40.4 Å². The number of carboxylic acids is 1. The molecule has 1 aromatic carbocycles. The Morgan fingerprint density at radius 1 is 1.40 bits per heavy atom. The molecule has 1 aliphatic rings. The molecule has 7 nitrogen and oxygen atoms in total. The highest BCUT2D eigenvalue weighted by Crippen LogP contribution is 2.31. The lowest BCUT2D eigenvalue weighted by molar-refractivity contribution is -0.307. The van der Waals surface area contributed by atoms with Gasteiger partial charge in [0.2, 0.25) is 4.77 Å². The minimum atomic E-state index is -1.27. The van der Waals surface area contributed by atoms with E-state index in [4.69, 9.17) is 17.0 Å². The van der Waals surface area contributed by atoms with Crippen LogP contribution in [0.4, 0.5) is 0 Å². The second-order valence-corrected chi connectivity index (χ2v) is 6.36. The fraction of sp³-hybridized carbons (Fsp3) is 0.412. The maximum atomic E-state index is 10.6. The number of nitrogens with zero attached hydrogens (tertiary/aromatic N) is 3. The number of para-hydroxylation sites is 1. The van der Waals surface area contributed by atoms with Crippen LogP contribution in [-0.4, -0.2) is 33.7 Å². The number of aliphatic carboxylic acids is 1. The summed E-state index contributed by atoms with van der Waals surface area (Å²) in [6.45, 7) is -0.511. The van der Waals surface area contributed by atoms with Gasteiger partial charge in [0.15, 0.2) is 5.82 Å². The lowest BCUT2D eigenvalue weighted by atomic mass is 9.89. The summed E-state index contributed by atoms with van der Waals surface area (Å²) in [6.07, 6.45) is 7.40. The first-order valence-electron chi connectivity index (χ1n) is 8.28. The van der Waals surface area contributed by atoms with E-state index in [0.29, 0.717) is 22.0 Å². The number of carbonyl (C=O) groups excluding carboxylic acids is 1. The van der Waals surface area contributed by atoms with Gasteiger partial charge in [0.25, 0.3) is 0 Å². The van der Waals surface area contributed by atoms with Gasteiger partial charge in [-0.05, 0) is 37.2 Å². The molecule has 0 spiro atoms. The Bertz CT molecular complexity index is 821. The molecule has 1 heterocycles. The highest BCUT2D eigenvalue weighted by atomic mass is 32.1. The highest BCUT2D eigenvalue weighted by Gasteiger charge is 2.21. The minimum Gasteiger partial charge on any atom is -0.546 e. The summed E-state index contributed by atoms with van der Waals surface area (Å²) in [5.41, 5.74) is 0.654. The van der Waals surface area contributed by atoms with Crippen molar-refractivity contribution in [3.63, 3.8) is 0 Å². The SMILES string of the molecule is O=C([O-])COc1ccccc1/C=N/n1c(C2CCCCC2)n[nH]c1=S. The van der Waals surface area contributed by atoms with Gasteiger partial charge in [0.1, 0.15) is 12.4 Å². The smallest absolute Gasteiger partial charge is 0.216 e. The molecule has 132 valence electrons. The third-order valence-electron chi connectivity index (χ3n) is 4.22. The number of ether oxygens (including phenoxy) is 1. The summed E-state index contributed by atoms with van der Waals surface area (Å²) in [6, 6.07) is 7.06. The zero-order chi connectivity index (χ0) is 17.6. The van der Waals surface area contributed by atoms with Crippen molar-refractivity contribution in [2.75, 3.05) is 6.61 Å². The van der Waals surface area contributed by atoms with Crippen molar-refractivity contribution in [3.8, 4) is 5.75 Å². The predicted molar refractivity (Wildman–Crippen MR) is 93.2 cm³/mol. The van der Waals surface area contributed by atoms with Crippen LogP contribution < -0.4 is 9.84 Å². The van der Waals surface area contributed by atoms with Gasteiger partial charge in [-0.2, -0.15) is 14.9 Å². The highest BCUT2D eigenvalue weighted by molar-refractivity contribution is 7.71. The standard InChI is InChI=1S/C17H20N4O3S/c22-15(23)11-24-14-9-5-4-8-13(14)10-18-21-16(19-20-17(21)25)12-6-2-1-3-7-12/h4-5,8-10,12H,1-3,6-7,11H2,(H,20,25)(H,22,23)/p-1/b18-10+. The topological polar surface area (TPSA) is 95.3 Å². The van der Waals surface area contributed by atoms with E-state index in [1.807, 2.05) is 6.07 Å². The summed E-state index contributed by atoms with van der Waals surface area (Å²) in [5, 5.41) is 22.2. The summed E-state index contributed by atoms with van der Waals surface area (Å²) in [4.78, 5) is 10.6. The molecular weight excluding hydrogens is 340 g/mol. The Morgan fingerprint density at radius 3 is 2.92 bits per heavy atom. The summed E-state index contributed by atoms with van der Waals surface area (Å²) >= 11 is 5.29. The van der Waals surface area contributed by atoms with Crippen LogP contribution in [-0.2, 0) is 4.79 Å². The maximum Gasteiger partial charge on any atom is 0.216 e. The molecule has 0 aliphatic heterocycles. The number of carboxylic acid groups (broad SMARTS) is 1. The molecule has 1 N–H and O–H groups in total. The number of hydrogen-bond acceptors (Lipinski definition) is 6. The molecule has 1 aliphatic carbocycles. The Hall–Kier alpha value is -2.48. The third kappa shape index (κ3) is 4.33. The molecule has 0 amide bonds. The predicted octanol–water partition coefficient (Wildman–Crippen LogP) is 2.00. The van der Waals surface area contributed by atoms with Gasteiger partial charge < -0.3 is 14.6 Å². The second-order valence-electron chi connectivity index (χ2n) is 5.98. The average molecular weight is 359 g/mol. The van der Waals surface area contributed by atoms with Gasteiger partial charge >= 0.3 is 0 Å². The lowest BCUT2D eigenvalue weighted by Crippen LogP contribution is -2.29. The first-order chi connectivity index (χ1) is 12.1. The Morgan fingerprint density at radius 2 is 2.16 bits per heavy atom. The Balaban J connectivity index is 1.84. The summed E-state index contributed by atoms with van der Waals surface area (Å²) in [5.74, 6) is 0.338. The van der Waals surface area contributed by atoms with Crippen molar-refractivity contribution in [2.45, 2.75) is 38.0 Å². The molecule has 0 unspecified atom stereocenters. The summed E-state index contributed by atoms with van der Waals surface area (Å²) in [7, 11) is 0. The zero-order valence-corrected chi connectivity index (χ0v) is 14.5. The van der Waals surface area contributed by atoms with Gasteiger partial charge in [-0.25, -0.2) is 0 Å². The van der Waals surface area contributed by atoms with E-state index in [0.717, 1.165) is 18.7 Å². The van der Waals surface area contributed by atoms with Gasteiger partial charge in [0.05, 0.1) is 12.2 Å². The van der Waals surface area contributed by atoms with Crippen LogP contribution in [0.3, 0.4) is 0 Å². The van der Waals surface area contributed by atoms with Crippen molar-refractivity contribution in [1.82, 2.24) is 14.9 Å². The monoisotopic (exact) mass is 359 g/mol. The molecule has 1 saturated carbocycles. The number of aromatic amines is 1. The Kier molecular flexibility index (Phi) is 5.60. The van der Waals surface area contributed by atoms with E-state index in [9.17, 15) is 9.90 Å². The van der Waals surface area contributed by atoms with E-state index in [-0.39, 0.29) is 0 Å². The third-order valence-corrected chi connectivity index (χ3v) is 4.49. The number of H-pyrrole nitrogens is 1. The first-order valence-corrected chi connectivity index (χ1v) is 8.69. The molecule has 2 aromatic rings. The lowest BCUT2D eigenvalue weighted by Gasteiger charge is -2.19. The van der Waals surface area contributed by atoms with E-state index < -0.39 is 12.6 Å². The van der Waals surface area contributed by atoms with Crippen LogP contribution in [0.1, 0.15) is 49.4 Å².